The molecule has 2 saturated heterocycles. The van der Waals surface area contributed by atoms with Crippen LogP contribution in [0.3, 0.4) is 0 Å². The topological polar surface area (TPSA) is 167 Å². The smallest absolute Gasteiger partial charge is 0.329 e. The monoisotopic (exact) mass is 299 g/mol. The Morgan fingerprint density at radius 2 is 2.05 bits per heavy atom. The minimum absolute atomic E-state index is 0.0730. The molecule has 3 rings (SSSR count). The maximum Gasteiger partial charge on any atom is 0.329 e. The second-order valence-electron chi connectivity index (χ2n) is 4.87. The van der Waals surface area contributed by atoms with Gasteiger partial charge in [0.15, 0.2) is 5.96 Å². The number of nitrogens with two attached hydrogens (primary N) is 1. The van der Waals surface area contributed by atoms with Crippen molar-refractivity contribution in [3.8, 4) is 0 Å². The largest absolute Gasteiger partial charge is 0.394 e. The average molecular weight is 299 g/mol. The first-order valence-electron chi connectivity index (χ1n) is 6.16. The summed E-state index contributed by atoms with van der Waals surface area (Å²) < 4.78 is 5.32. The van der Waals surface area contributed by atoms with E-state index in [0.717, 1.165) is 4.90 Å². The van der Waals surface area contributed by atoms with Crippen LogP contribution in [0.25, 0.3) is 0 Å². The lowest BCUT2D eigenvalue weighted by Gasteiger charge is -2.30. The first kappa shape index (κ1) is 13.7. The molecule has 0 saturated carbocycles. The lowest BCUT2D eigenvalue weighted by molar-refractivity contribution is -0.145. The van der Waals surface area contributed by atoms with Crippen LogP contribution in [0.2, 0.25) is 0 Å². The molecule has 0 aromatic rings. The molecule has 21 heavy (non-hydrogen) atoms. The van der Waals surface area contributed by atoms with Crippen LogP contribution in [0.1, 0.15) is 6.42 Å². The van der Waals surface area contributed by atoms with E-state index >= 15 is 0 Å². The highest BCUT2D eigenvalue weighted by Gasteiger charge is 2.65. The number of hydrogen-bond acceptors (Lipinski definition) is 8. The number of aliphatic hydroxyl groups excluding tert-OH is 2. The van der Waals surface area contributed by atoms with E-state index in [1.54, 1.807) is 0 Å². The number of nitrogens with one attached hydrogen (secondary N) is 2. The fourth-order valence-electron chi connectivity index (χ4n) is 2.65. The van der Waals surface area contributed by atoms with Crippen molar-refractivity contribution in [3.05, 3.63) is 0 Å². The molecule has 4 atom stereocenters. The van der Waals surface area contributed by atoms with Gasteiger partial charge in [0.05, 0.1) is 12.7 Å². The summed E-state index contributed by atoms with van der Waals surface area (Å²) in [6.07, 6.45) is -3.12. The molecule has 1 unspecified atom stereocenters. The molecule has 0 aromatic heterocycles. The molecular formula is C10H13N5O6. The number of rotatable bonds is 2. The predicted octanol–water partition coefficient (Wildman–Crippen LogP) is -3.85. The van der Waals surface area contributed by atoms with E-state index in [9.17, 15) is 19.5 Å². The Bertz CT molecular complexity index is 564. The van der Waals surface area contributed by atoms with Crippen LogP contribution < -0.4 is 16.4 Å². The fourth-order valence-corrected chi connectivity index (χ4v) is 2.65. The Hall–Kier alpha value is -2.24. The number of aliphatic imine (C=N–C) groups is 1. The van der Waals surface area contributed by atoms with Gasteiger partial charge in [-0.25, -0.2) is 9.79 Å². The number of urea groups is 1. The fraction of sp³-hybridized carbons (Fsp3) is 0.600. The summed E-state index contributed by atoms with van der Waals surface area (Å²) in [4.78, 5) is 40.5. The molecule has 1 spiro atoms. The quantitative estimate of drug-likeness (QED) is 0.257. The predicted molar refractivity (Wildman–Crippen MR) is 64.2 cm³/mol. The van der Waals surface area contributed by atoms with E-state index in [-0.39, 0.29) is 12.4 Å². The van der Waals surface area contributed by atoms with Gasteiger partial charge in [0.1, 0.15) is 12.3 Å². The second-order valence-corrected chi connectivity index (χ2v) is 4.87. The lowest BCUT2D eigenvalue weighted by Crippen LogP contribution is -2.58. The highest BCUT2D eigenvalue weighted by molar-refractivity contribution is 6.25. The van der Waals surface area contributed by atoms with E-state index in [1.807, 2.05) is 5.32 Å². The Kier molecular flexibility index (Phi) is 2.86. The second kappa shape index (κ2) is 4.38. The summed E-state index contributed by atoms with van der Waals surface area (Å²) in [5.41, 5.74) is 3.23. The standard InChI is InChI=1S/C10H13N5O6/c11-8-12-6(18)10(14-8)7(19)13-9(20)15(10)5-1-3(17)4(2-16)21-5/h3-5,16-17H,1-2H2,(H,13,19,20)(H3,11,12,14,18)/t3-,4+,5+,10?/m0/s1. The Labute approximate surface area is 117 Å². The molecule has 4 amide bonds. The first-order valence-corrected chi connectivity index (χ1v) is 6.16. The maximum atomic E-state index is 12.0. The van der Waals surface area contributed by atoms with Gasteiger partial charge in [0, 0.05) is 6.42 Å². The molecule has 3 aliphatic rings. The van der Waals surface area contributed by atoms with Gasteiger partial charge in [0.25, 0.3) is 11.8 Å². The summed E-state index contributed by atoms with van der Waals surface area (Å²) in [7, 11) is 0. The summed E-state index contributed by atoms with van der Waals surface area (Å²) in [6.45, 7) is -0.467. The molecule has 3 aliphatic heterocycles. The summed E-state index contributed by atoms with van der Waals surface area (Å²) >= 11 is 0. The van der Waals surface area contributed by atoms with Gasteiger partial charge in [-0.05, 0) is 0 Å². The molecule has 0 radical (unpaired) electrons. The van der Waals surface area contributed by atoms with Gasteiger partial charge in [-0.1, -0.05) is 0 Å². The van der Waals surface area contributed by atoms with E-state index in [2.05, 4.69) is 10.3 Å². The minimum atomic E-state index is -2.17. The maximum absolute atomic E-state index is 12.0. The molecule has 6 N–H and O–H groups in total. The van der Waals surface area contributed by atoms with Gasteiger partial charge < -0.3 is 20.7 Å². The van der Waals surface area contributed by atoms with Crippen molar-refractivity contribution < 1.29 is 29.3 Å². The summed E-state index contributed by atoms with van der Waals surface area (Å²) in [5.74, 6) is -2.13. The Morgan fingerprint density at radius 1 is 1.38 bits per heavy atom. The Morgan fingerprint density at radius 3 is 2.57 bits per heavy atom. The van der Waals surface area contributed by atoms with E-state index in [0.29, 0.717) is 0 Å². The number of carbonyl (C=O) groups excluding carboxylic acids is 3. The number of imide groups is 1. The minimum Gasteiger partial charge on any atom is -0.394 e. The van der Waals surface area contributed by atoms with Crippen LogP contribution in [-0.4, -0.2) is 69.6 Å². The zero-order valence-corrected chi connectivity index (χ0v) is 10.6. The number of aliphatic hydroxyl groups is 2. The molecule has 11 nitrogen and oxygen atoms in total. The third-order valence-electron chi connectivity index (χ3n) is 3.62. The van der Waals surface area contributed by atoms with Crippen LogP contribution in [-0.2, 0) is 14.3 Å². The number of ether oxygens (including phenoxy) is 1. The van der Waals surface area contributed by atoms with Crippen molar-refractivity contribution >= 4 is 23.8 Å². The molecule has 2 fully saturated rings. The third-order valence-corrected chi connectivity index (χ3v) is 3.62. The first-order chi connectivity index (χ1) is 9.90. The number of nitrogens with zero attached hydrogens (tertiary/aromatic N) is 2. The van der Waals surface area contributed by atoms with Crippen molar-refractivity contribution in [2.45, 2.75) is 30.5 Å². The van der Waals surface area contributed by atoms with E-state index in [4.69, 9.17) is 15.6 Å². The number of amides is 4. The van der Waals surface area contributed by atoms with Crippen molar-refractivity contribution in [2.24, 2.45) is 10.7 Å². The third kappa shape index (κ3) is 1.71. The van der Waals surface area contributed by atoms with Crippen molar-refractivity contribution in [3.63, 3.8) is 0 Å². The van der Waals surface area contributed by atoms with Gasteiger partial charge in [0.2, 0.25) is 0 Å². The van der Waals surface area contributed by atoms with Crippen LogP contribution in [0.4, 0.5) is 4.79 Å². The van der Waals surface area contributed by atoms with Gasteiger partial charge in [-0.15, -0.1) is 0 Å². The number of carbonyl (C=O) groups is 3. The zero-order chi connectivity index (χ0) is 15.4. The van der Waals surface area contributed by atoms with Gasteiger partial charge in [-0.2, -0.15) is 0 Å². The molecular weight excluding hydrogens is 286 g/mol. The molecule has 0 bridgehead atoms. The SMILES string of the molecule is NC1=NC2(C(=O)NC(=O)N2[C@H]2C[C@H](O)[C@@H](CO)O2)C(=O)N1. The molecule has 114 valence electrons. The van der Waals surface area contributed by atoms with Crippen LogP contribution in [0, 0.1) is 0 Å². The molecule has 11 heteroatoms. The van der Waals surface area contributed by atoms with E-state index in [1.165, 1.54) is 0 Å². The average Bonchev–Trinajstić information content (AvgIpc) is 2.98. The van der Waals surface area contributed by atoms with Gasteiger partial charge in [-0.3, -0.25) is 25.1 Å². The summed E-state index contributed by atoms with van der Waals surface area (Å²) in [6, 6.07) is -0.885. The van der Waals surface area contributed by atoms with Crippen molar-refractivity contribution in [1.82, 2.24) is 15.5 Å². The summed E-state index contributed by atoms with van der Waals surface area (Å²) in [5, 5.41) is 22.9. The molecule has 0 aromatic carbocycles. The zero-order valence-electron chi connectivity index (χ0n) is 10.6. The number of hydrogen-bond donors (Lipinski definition) is 5. The van der Waals surface area contributed by atoms with Gasteiger partial charge >= 0.3 is 11.7 Å². The Balaban J connectivity index is 1.98. The molecule has 3 heterocycles. The highest BCUT2D eigenvalue weighted by atomic mass is 16.5. The van der Waals surface area contributed by atoms with Crippen LogP contribution in [0.5, 0.6) is 0 Å². The van der Waals surface area contributed by atoms with Crippen LogP contribution >= 0.6 is 0 Å². The lowest BCUT2D eigenvalue weighted by atomic mass is 10.1. The highest BCUT2D eigenvalue weighted by Crippen LogP contribution is 2.34. The van der Waals surface area contributed by atoms with Crippen LogP contribution in [0.15, 0.2) is 4.99 Å². The molecule has 0 aliphatic carbocycles. The normalized spacial score (nSPS) is 39.0. The van der Waals surface area contributed by atoms with Crippen molar-refractivity contribution in [2.75, 3.05) is 6.61 Å². The van der Waals surface area contributed by atoms with E-state index < -0.39 is 48.6 Å². The van der Waals surface area contributed by atoms with Crippen molar-refractivity contribution in [1.29, 1.82) is 0 Å². The number of guanidine groups is 1.